The van der Waals surface area contributed by atoms with Gasteiger partial charge in [-0.3, -0.25) is 14.9 Å². The SMILES string of the molecule is O=C1C[C@@H](C(=O)Nc2cccc(OC(F)(F)F)c2)n2ncnc2N1. The highest BCUT2D eigenvalue weighted by Gasteiger charge is 2.33. The second-order valence-corrected chi connectivity index (χ2v) is 4.86. The van der Waals surface area contributed by atoms with Crippen LogP contribution in [0.1, 0.15) is 12.5 Å². The summed E-state index contributed by atoms with van der Waals surface area (Å²) in [6.45, 7) is 0. The maximum atomic E-state index is 12.3. The smallest absolute Gasteiger partial charge is 0.406 e. The van der Waals surface area contributed by atoms with Gasteiger partial charge in [0.1, 0.15) is 18.1 Å². The molecular formula is C13H10F3N5O3. The van der Waals surface area contributed by atoms with E-state index in [1.165, 1.54) is 23.1 Å². The fourth-order valence-electron chi connectivity index (χ4n) is 2.21. The molecule has 0 fully saturated rings. The van der Waals surface area contributed by atoms with E-state index in [0.717, 1.165) is 12.1 Å². The number of hydrogen-bond donors (Lipinski definition) is 2. The zero-order chi connectivity index (χ0) is 17.3. The molecule has 2 amide bonds. The third kappa shape index (κ3) is 3.45. The van der Waals surface area contributed by atoms with Gasteiger partial charge in [-0.05, 0) is 12.1 Å². The van der Waals surface area contributed by atoms with Crippen LogP contribution in [-0.4, -0.2) is 32.9 Å². The third-order valence-electron chi connectivity index (χ3n) is 3.14. The number of benzene rings is 1. The number of carbonyl (C=O) groups excluding carboxylic acids is 2. The lowest BCUT2D eigenvalue weighted by Gasteiger charge is -2.22. The second kappa shape index (κ2) is 5.83. The van der Waals surface area contributed by atoms with Crippen molar-refractivity contribution < 1.29 is 27.5 Å². The molecule has 0 saturated carbocycles. The van der Waals surface area contributed by atoms with Gasteiger partial charge < -0.3 is 10.1 Å². The number of rotatable bonds is 3. The zero-order valence-electron chi connectivity index (χ0n) is 11.9. The Morgan fingerprint density at radius 3 is 2.96 bits per heavy atom. The summed E-state index contributed by atoms with van der Waals surface area (Å²) in [5.41, 5.74) is 0.0920. The Morgan fingerprint density at radius 2 is 2.21 bits per heavy atom. The number of amides is 2. The van der Waals surface area contributed by atoms with E-state index in [-0.39, 0.29) is 18.1 Å². The number of anilines is 2. The van der Waals surface area contributed by atoms with Crippen molar-refractivity contribution in [3.05, 3.63) is 30.6 Å². The molecule has 1 aromatic heterocycles. The average Bonchev–Trinajstić information content (AvgIpc) is 2.92. The van der Waals surface area contributed by atoms with E-state index in [1.54, 1.807) is 0 Å². The van der Waals surface area contributed by atoms with Crippen LogP contribution in [0.2, 0.25) is 0 Å². The molecule has 0 saturated heterocycles. The van der Waals surface area contributed by atoms with Crippen molar-refractivity contribution in [2.24, 2.45) is 0 Å². The van der Waals surface area contributed by atoms with Crippen molar-refractivity contribution in [2.75, 3.05) is 10.6 Å². The molecule has 8 nitrogen and oxygen atoms in total. The number of hydrogen-bond acceptors (Lipinski definition) is 5. The molecule has 1 aliphatic rings. The molecule has 1 atom stereocenters. The third-order valence-corrected chi connectivity index (χ3v) is 3.14. The van der Waals surface area contributed by atoms with E-state index >= 15 is 0 Å². The van der Waals surface area contributed by atoms with Gasteiger partial charge in [-0.1, -0.05) is 6.07 Å². The van der Waals surface area contributed by atoms with Gasteiger partial charge in [0.2, 0.25) is 17.8 Å². The Labute approximate surface area is 132 Å². The highest BCUT2D eigenvalue weighted by molar-refractivity contribution is 6.00. The Hall–Kier alpha value is -3.11. The van der Waals surface area contributed by atoms with Gasteiger partial charge in [-0.25, -0.2) is 4.68 Å². The molecule has 11 heteroatoms. The lowest BCUT2D eigenvalue weighted by molar-refractivity contribution is -0.274. The number of nitrogens with one attached hydrogen (secondary N) is 2. The first kappa shape index (κ1) is 15.8. The molecule has 2 N–H and O–H groups in total. The summed E-state index contributed by atoms with van der Waals surface area (Å²) in [7, 11) is 0. The van der Waals surface area contributed by atoms with Gasteiger partial charge in [0.05, 0.1) is 6.42 Å². The van der Waals surface area contributed by atoms with Gasteiger partial charge in [0.15, 0.2) is 0 Å². The van der Waals surface area contributed by atoms with Crippen LogP contribution < -0.4 is 15.4 Å². The van der Waals surface area contributed by atoms with Gasteiger partial charge in [0.25, 0.3) is 0 Å². The minimum absolute atomic E-state index is 0.0920. The number of alkyl halides is 3. The van der Waals surface area contributed by atoms with Crippen LogP contribution >= 0.6 is 0 Å². The molecule has 3 rings (SSSR count). The van der Waals surface area contributed by atoms with Crippen molar-refractivity contribution in [1.82, 2.24) is 14.8 Å². The first-order valence-electron chi connectivity index (χ1n) is 6.68. The maximum Gasteiger partial charge on any atom is 0.573 e. The first-order valence-corrected chi connectivity index (χ1v) is 6.68. The van der Waals surface area contributed by atoms with Crippen LogP contribution in [0.15, 0.2) is 30.6 Å². The average molecular weight is 341 g/mol. The molecule has 0 unspecified atom stereocenters. The summed E-state index contributed by atoms with van der Waals surface area (Å²) in [5.74, 6) is -1.37. The summed E-state index contributed by atoms with van der Waals surface area (Å²) in [6.07, 6.45) is -3.82. The van der Waals surface area contributed by atoms with Gasteiger partial charge in [-0.15, -0.1) is 13.2 Å². The van der Waals surface area contributed by atoms with E-state index in [4.69, 9.17) is 0 Å². The summed E-state index contributed by atoms with van der Waals surface area (Å²) < 4.78 is 41.7. The van der Waals surface area contributed by atoms with E-state index in [9.17, 15) is 22.8 Å². The number of aromatic nitrogens is 3. The van der Waals surface area contributed by atoms with Crippen molar-refractivity contribution in [3.63, 3.8) is 0 Å². The fourth-order valence-corrected chi connectivity index (χ4v) is 2.21. The first-order chi connectivity index (χ1) is 11.3. The summed E-state index contributed by atoms with van der Waals surface area (Å²) in [6, 6.07) is 3.86. The molecule has 24 heavy (non-hydrogen) atoms. The van der Waals surface area contributed by atoms with Gasteiger partial charge in [-0.2, -0.15) is 10.1 Å². The molecule has 0 spiro atoms. The Balaban J connectivity index is 1.76. The highest BCUT2D eigenvalue weighted by atomic mass is 19.4. The van der Waals surface area contributed by atoms with Crippen molar-refractivity contribution in [2.45, 2.75) is 18.8 Å². The van der Waals surface area contributed by atoms with Crippen LogP contribution in [0.25, 0.3) is 0 Å². The maximum absolute atomic E-state index is 12.3. The lowest BCUT2D eigenvalue weighted by atomic mass is 10.1. The molecule has 1 aliphatic heterocycles. The molecule has 2 heterocycles. The quantitative estimate of drug-likeness (QED) is 0.885. The van der Waals surface area contributed by atoms with Crippen molar-refractivity contribution in [1.29, 1.82) is 0 Å². The van der Waals surface area contributed by atoms with E-state index in [0.29, 0.717) is 0 Å². The number of ether oxygens (including phenoxy) is 1. The number of nitrogens with zero attached hydrogens (tertiary/aromatic N) is 3. The van der Waals surface area contributed by atoms with Crippen LogP contribution in [0.3, 0.4) is 0 Å². The zero-order valence-corrected chi connectivity index (χ0v) is 11.9. The van der Waals surface area contributed by atoms with Crippen LogP contribution in [0.5, 0.6) is 5.75 Å². The molecule has 2 aromatic rings. The molecule has 0 bridgehead atoms. The lowest BCUT2D eigenvalue weighted by Crippen LogP contribution is -2.36. The number of carbonyl (C=O) groups is 2. The van der Waals surface area contributed by atoms with Gasteiger partial charge >= 0.3 is 6.36 Å². The topological polar surface area (TPSA) is 98.1 Å². The molecule has 0 aliphatic carbocycles. The number of halogens is 3. The largest absolute Gasteiger partial charge is 0.573 e. The predicted molar refractivity (Wildman–Crippen MR) is 74.1 cm³/mol. The summed E-state index contributed by atoms with van der Waals surface area (Å²) >= 11 is 0. The van der Waals surface area contributed by atoms with Crippen LogP contribution in [0.4, 0.5) is 24.8 Å². The fraction of sp³-hybridized carbons (Fsp3) is 0.231. The Morgan fingerprint density at radius 1 is 1.42 bits per heavy atom. The van der Waals surface area contributed by atoms with E-state index in [1.807, 2.05) is 0 Å². The predicted octanol–water partition coefficient (Wildman–Crippen LogP) is 1.70. The van der Waals surface area contributed by atoms with E-state index in [2.05, 4.69) is 25.5 Å². The summed E-state index contributed by atoms with van der Waals surface area (Å²) in [5, 5.41) is 8.74. The van der Waals surface area contributed by atoms with Crippen molar-refractivity contribution >= 4 is 23.5 Å². The minimum atomic E-state index is -4.83. The van der Waals surface area contributed by atoms with E-state index < -0.39 is 30.0 Å². The Kier molecular flexibility index (Phi) is 3.83. The Bertz CT molecular complexity index is 789. The van der Waals surface area contributed by atoms with Crippen LogP contribution in [-0.2, 0) is 9.59 Å². The molecule has 126 valence electrons. The second-order valence-electron chi connectivity index (χ2n) is 4.86. The highest BCUT2D eigenvalue weighted by Crippen LogP contribution is 2.27. The standard InChI is InChI=1S/C13H10F3N5O3/c14-13(15,16)24-8-3-1-2-7(4-8)19-11(23)9-5-10(22)20-12-17-6-18-21(9)12/h1-4,6,9H,5H2,(H,19,23)(H,17,18,20,22)/t9-/m0/s1. The van der Waals surface area contributed by atoms with Gasteiger partial charge in [0, 0.05) is 11.8 Å². The minimum Gasteiger partial charge on any atom is -0.406 e. The van der Waals surface area contributed by atoms with Crippen molar-refractivity contribution in [3.8, 4) is 5.75 Å². The molecule has 0 radical (unpaired) electrons. The van der Waals surface area contributed by atoms with Crippen LogP contribution in [0, 0.1) is 0 Å². The normalized spacial score (nSPS) is 17.0. The monoisotopic (exact) mass is 341 g/mol. The molecule has 1 aromatic carbocycles. The molecular weight excluding hydrogens is 331 g/mol. The number of fused-ring (bicyclic) bond motifs is 1. The summed E-state index contributed by atoms with van der Waals surface area (Å²) in [4.78, 5) is 27.7.